The zero-order chi connectivity index (χ0) is 11.0. The van der Waals surface area contributed by atoms with Crippen LogP contribution in [-0.2, 0) is 4.79 Å². The van der Waals surface area contributed by atoms with Gasteiger partial charge >= 0.3 is 0 Å². The number of amides is 1. The van der Waals surface area contributed by atoms with Crippen LogP contribution in [0.4, 0.5) is 5.82 Å². The number of halogens is 2. The van der Waals surface area contributed by atoms with E-state index in [1.165, 1.54) is 17.2 Å². The lowest BCUT2D eigenvalue weighted by molar-refractivity contribution is -0.117. The molecule has 0 aromatic carbocycles. The highest BCUT2D eigenvalue weighted by atomic mass is 35.5. The van der Waals surface area contributed by atoms with Crippen LogP contribution in [0.15, 0.2) is 12.3 Å². The Morgan fingerprint density at radius 1 is 1.47 bits per heavy atom. The molecule has 1 atom stereocenters. The van der Waals surface area contributed by atoms with Gasteiger partial charge in [0.1, 0.15) is 5.82 Å². The number of aliphatic hydroxyl groups is 1. The Hall–Kier alpha value is -0.840. The van der Waals surface area contributed by atoms with E-state index in [0.29, 0.717) is 15.9 Å². The summed E-state index contributed by atoms with van der Waals surface area (Å²) in [7, 11) is 0. The summed E-state index contributed by atoms with van der Waals surface area (Å²) in [5.41, 5.74) is 0. The number of hydrogen-bond acceptors (Lipinski definition) is 3. The van der Waals surface area contributed by atoms with Crippen LogP contribution < -0.4 is 4.90 Å². The van der Waals surface area contributed by atoms with Crippen LogP contribution in [0, 0.1) is 0 Å². The number of carbonyl (C=O) groups excluding carboxylic acids is 1. The number of β-amino-alcohol motifs (C(OH)–C–C–N with tert-alkyl or cyclic N) is 1. The van der Waals surface area contributed by atoms with Crippen LogP contribution in [0.2, 0.25) is 10.0 Å². The number of carbonyl (C=O) groups is 1. The van der Waals surface area contributed by atoms with Crippen molar-refractivity contribution < 1.29 is 9.90 Å². The fraction of sp³-hybridized carbons (Fsp3) is 0.333. The van der Waals surface area contributed by atoms with Gasteiger partial charge in [-0.3, -0.25) is 9.69 Å². The van der Waals surface area contributed by atoms with E-state index in [1.807, 2.05) is 0 Å². The van der Waals surface area contributed by atoms with Crippen molar-refractivity contribution in [3.63, 3.8) is 0 Å². The molecule has 0 spiro atoms. The van der Waals surface area contributed by atoms with Crippen molar-refractivity contribution in [1.82, 2.24) is 4.98 Å². The predicted octanol–water partition coefficient (Wildman–Crippen LogP) is 1.49. The second-order valence-corrected chi connectivity index (χ2v) is 4.13. The topological polar surface area (TPSA) is 53.4 Å². The normalized spacial score (nSPS) is 21.1. The first kappa shape index (κ1) is 10.7. The van der Waals surface area contributed by atoms with Crippen LogP contribution in [-0.4, -0.2) is 28.6 Å². The van der Waals surface area contributed by atoms with Crippen LogP contribution in [0.1, 0.15) is 6.42 Å². The lowest BCUT2D eigenvalue weighted by atomic mass is 10.3. The third-order valence-corrected chi connectivity index (χ3v) is 2.89. The lowest BCUT2D eigenvalue weighted by Gasteiger charge is -2.14. The first-order chi connectivity index (χ1) is 7.08. The molecule has 1 aliphatic heterocycles. The molecule has 0 saturated carbocycles. The number of anilines is 1. The van der Waals surface area contributed by atoms with Crippen molar-refractivity contribution in [2.75, 3.05) is 11.4 Å². The molecule has 1 aromatic heterocycles. The molecule has 2 rings (SSSR count). The Morgan fingerprint density at radius 3 is 2.73 bits per heavy atom. The fourth-order valence-corrected chi connectivity index (χ4v) is 1.71. The standard InChI is InChI=1S/C9H8Cl2N2O2/c10-6-2-8(12-3-7(6)11)13-4-5(14)1-9(13)15/h2-3,5,14H,1,4H2. The molecule has 0 aliphatic carbocycles. The minimum Gasteiger partial charge on any atom is -0.391 e. The number of aliphatic hydroxyl groups excluding tert-OH is 1. The summed E-state index contributed by atoms with van der Waals surface area (Å²) in [6, 6.07) is 1.51. The number of nitrogens with zero attached hydrogens (tertiary/aromatic N) is 2. The van der Waals surface area contributed by atoms with Crippen LogP contribution in [0.5, 0.6) is 0 Å². The highest BCUT2D eigenvalue weighted by Crippen LogP contribution is 2.27. The van der Waals surface area contributed by atoms with Gasteiger partial charge in [-0.2, -0.15) is 0 Å². The second-order valence-electron chi connectivity index (χ2n) is 3.32. The van der Waals surface area contributed by atoms with E-state index >= 15 is 0 Å². The predicted molar refractivity (Wildman–Crippen MR) is 57.2 cm³/mol. The molecule has 1 saturated heterocycles. The molecule has 1 aromatic rings. The molecular formula is C9H8Cl2N2O2. The molecule has 1 N–H and O–H groups in total. The number of hydrogen-bond donors (Lipinski definition) is 1. The molecule has 6 heteroatoms. The number of pyridine rings is 1. The van der Waals surface area contributed by atoms with Gasteiger partial charge in [0, 0.05) is 12.3 Å². The van der Waals surface area contributed by atoms with Gasteiger partial charge in [0.2, 0.25) is 5.91 Å². The Morgan fingerprint density at radius 2 is 2.20 bits per heavy atom. The Labute approximate surface area is 96.4 Å². The van der Waals surface area contributed by atoms with E-state index in [2.05, 4.69) is 4.98 Å². The van der Waals surface area contributed by atoms with E-state index in [1.54, 1.807) is 0 Å². The van der Waals surface area contributed by atoms with Gasteiger partial charge in [0.15, 0.2) is 0 Å². The summed E-state index contributed by atoms with van der Waals surface area (Å²) in [6.45, 7) is 0.254. The van der Waals surface area contributed by atoms with Crippen LogP contribution >= 0.6 is 23.2 Å². The van der Waals surface area contributed by atoms with Crippen molar-refractivity contribution in [1.29, 1.82) is 0 Å². The quantitative estimate of drug-likeness (QED) is 0.817. The van der Waals surface area contributed by atoms with Gasteiger partial charge < -0.3 is 5.11 Å². The fourth-order valence-electron chi connectivity index (χ4n) is 1.46. The van der Waals surface area contributed by atoms with Crippen LogP contribution in [0.3, 0.4) is 0 Å². The molecule has 15 heavy (non-hydrogen) atoms. The van der Waals surface area contributed by atoms with E-state index in [9.17, 15) is 9.90 Å². The van der Waals surface area contributed by atoms with Crippen molar-refractivity contribution in [2.45, 2.75) is 12.5 Å². The summed E-state index contributed by atoms with van der Waals surface area (Å²) in [4.78, 5) is 16.8. The average molecular weight is 247 g/mol. The van der Waals surface area contributed by atoms with Crippen molar-refractivity contribution in [2.24, 2.45) is 0 Å². The van der Waals surface area contributed by atoms with E-state index < -0.39 is 6.10 Å². The second kappa shape index (κ2) is 3.96. The van der Waals surface area contributed by atoms with Gasteiger partial charge in [-0.1, -0.05) is 23.2 Å². The largest absolute Gasteiger partial charge is 0.391 e. The van der Waals surface area contributed by atoms with Gasteiger partial charge in [-0.05, 0) is 0 Å². The first-order valence-electron chi connectivity index (χ1n) is 4.37. The summed E-state index contributed by atoms with van der Waals surface area (Å²) in [5, 5.41) is 9.99. The molecule has 2 heterocycles. The SMILES string of the molecule is O=C1CC(O)CN1c1cc(Cl)c(Cl)cn1. The molecule has 0 bridgehead atoms. The summed E-state index contributed by atoms with van der Waals surface area (Å²) in [6.07, 6.45) is 0.882. The Balaban J connectivity index is 2.30. The van der Waals surface area contributed by atoms with Crippen molar-refractivity contribution in [3.05, 3.63) is 22.3 Å². The van der Waals surface area contributed by atoms with Gasteiger partial charge in [-0.25, -0.2) is 4.98 Å². The number of aromatic nitrogens is 1. The van der Waals surface area contributed by atoms with Crippen molar-refractivity contribution >= 4 is 34.9 Å². The van der Waals surface area contributed by atoms with E-state index in [-0.39, 0.29) is 18.9 Å². The van der Waals surface area contributed by atoms with Crippen LogP contribution in [0.25, 0.3) is 0 Å². The highest BCUT2D eigenvalue weighted by molar-refractivity contribution is 6.42. The van der Waals surface area contributed by atoms with E-state index in [4.69, 9.17) is 23.2 Å². The highest BCUT2D eigenvalue weighted by Gasteiger charge is 2.30. The Kier molecular flexibility index (Phi) is 2.82. The monoisotopic (exact) mass is 246 g/mol. The van der Waals surface area contributed by atoms with Gasteiger partial charge in [0.25, 0.3) is 0 Å². The minimum atomic E-state index is -0.631. The average Bonchev–Trinajstić information content (AvgIpc) is 2.50. The third kappa shape index (κ3) is 2.07. The zero-order valence-electron chi connectivity index (χ0n) is 7.65. The third-order valence-electron chi connectivity index (χ3n) is 2.18. The zero-order valence-corrected chi connectivity index (χ0v) is 9.16. The maximum atomic E-state index is 11.4. The molecular weight excluding hydrogens is 239 g/mol. The molecule has 4 nitrogen and oxygen atoms in total. The van der Waals surface area contributed by atoms with E-state index in [0.717, 1.165) is 0 Å². The smallest absolute Gasteiger partial charge is 0.230 e. The summed E-state index contributed by atoms with van der Waals surface area (Å²) in [5.74, 6) is 0.263. The molecule has 1 fully saturated rings. The molecule has 1 unspecified atom stereocenters. The van der Waals surface area contributed by atoms with Crippen molar-refractivity contribution in [3.8, 4) is 0 Å². The molecule has 80 valence electrons. The summed E-state index contributed by atoms with van der Waals surface area (Å²) >= 11 is 11.5. The van der Waals surface area contributed by atoms with Gasteiger partial charge in [0.05, 0.1) is 29.1 Å². The maximum Gasteiger partial charge on any atom is 0.230 e. The minimum absolute atomic E-state index is 0.127. The maximum absolute atomic E-state index is 11.4. The molecule has 1 amide bonds. The summed E-state index contributed by atoms with van der Waals surface area (Å²) < 4.78 is 0. The molecule has 1 aliphatic rings. The first-order valence-corrected chi connectivity index (χ1v) is 5.13. The van der Waals surface area contributed by atoms with Gasteiger partial charge in [-0.15, -0.1) is 0 Å². The lowest BCUT2D eigenvalue weighted by Crippen LogP contribution is -2.26. The molecule has 0 radical (unpaired) electrons. The number of rotatable bonds is 1. The Bertz CT molecular complexity index is 411.